The summed E-state index contributed by atoms with van der Waals surface area (Å²) in [5.74, 6) is -0.177. The maximum Gasteiger partial charge on any atom is 0.188 e. The van der Waals surface area contributed by atoms with Gasteiger partial charge in [0.15, 0.2) is 22.3 Å². The Morgan fingerprint density at radius 2 is 1.84 bits per heavy atom. The minimum atomic E-state index is -0.691. The van der Waals surface area contributed by atoms with Crippen molar-refractivity contribution in [3.63, 3.8) is 0 Å². The summed E-state index contributed by atoms with van der Waals surface area (Å²) in [5, 5.41) is -0.0779. The molecule has 0 bridgehead atoms. The molecule has 0 unspecified atom stereocenters. The summed E-state index contributed by atoms with van der Waals surface area (Å²) in [4.78, 5) is 22.4. The molecule has 0 aliphatic carbocycles. The van der Waals surface area contributed by atoms with Crippen molar-refractivity contribution >= 4 is 33.8 Å². The van der Waals surface area contributed by atoms with E-state index in [0.717, 1.165) is 0 Å². The van der Waals surface area contributed by atoms with E-state index in [1.165, 1.54) is 37.4 Å². The van der Waals surface area contributed by atoms with Crippen molar-refractivity contribution in [1.29, 1.82) is 0 Å². The van der Waals surface area contributed by atoms with Crippen LogP contribution in [0.25, 0.3) is 0 Å². The maximum atomic E-state index is 11.4. The highest BCUT2D eigenvalue weighted by molar-refractivity contribution is 8.14. The lowest BCUT2D eigenvalue weighted by Gasteiger charge is -2.24. The monoisotopic (exact) mass is 306 g/mol. The molecule has 0 aromatic heterocycles. The van der Waals surface area contributed by atoms with E-state index in [9.17, 15) is 9.59 Å². The van der Waals surface area contributed by atoms with E-state index in [2.05, 4.69) is 0 Å². The highest BCUT2D eigenvalue weighted by atomic mass is 32.2. The van der Waals surface area contributed by atoms with Crippen molar-refractivity contribution in [1.82, 2.24) is 0 Å². The minimum Gasteiger partial charge on any atom is -0.344 e. The van der Waals surface area contributed by atoms with Crippen LogP contribution in [0.5, 0.6) is 0 Å². The van der Waals surface area contributed by atoms with Gasteiger partial charge in [0.1, 0.15) is 6.10 Å². The lowest BCUT2D eigenvalue weighted by atomic mass is 10.2. The van der Waals surface area contributed by atoms with Gasteiger partial charge in [-0.3, -0.25) is 9.59 Å². The number of carbonyl (C=O) groups excluding carboxylic acids is 2. The van der Waals surface area contributed by atoms with Crippen molar-refractivity contribution < 1.29 is 23.8 Å². The summed E-state index contributed by atoms with van der Waals surface area (Å²) in [5.41, 5.74) is 0. The second-order valence-electron chi connectivity index (χ2n) is 5.02. The first-order chi connectivity index (χ1) is 8.78. The molecule has 0 amide bonds. The van der Waals surface area contributed by atoms with E-state index in [1.807, 2.05) is 13.8 Å². The second-order valence-corrected chi connectivity index (χ2v) is 7.57. The molecule has 5 nitrogen and oxygen atoms in total. The van der Waals surface area contributed by atoms with Gasteiger partial charge in [0.05, 0.1) is 11.4 Å². The van der Waals surface area contributed by atoms with Crippen molar-refractivity contribution in [2.24, 2.45) is 0 Å². The van der Waals surface area contributed by atoms with Crippen LogP contribution < -0.4 is 0 Å². The smallest absolute Gasteiger partial charge is 0.188 e. The number of hydrogen-bond acceptors (Lipinski definition) is 7. The summed E-state index contributed by atoms with van der Waals surface area (Å²) in [6.07, 6.45) is -0.931. The molecule has 4 atom stereocenters. The Labute approximate surface area is 121 Å². The molecule has 0 aromatic carbocycles. The molecule has 0 aromatic rings. The molecule has 0 radical (unpaired) electrons. The second kappa shape index (κ2) is 5.73. The van der Waals surface area contributed by atoms with Crippen molar-refractivity contribution in [2.75, 3.05) is 5.75 Å². The van der Waals surface area contributed by atoms with Crippen LogP contribution in [-0.4, -0.2) is 45.5 Å². The van der Waals surface area contributed by atoms with Crippen LogP contribution in [0.4, 0.5) is 0 Å². The Morgan fingerprint density at radius 3 is 2.42 bits per heavy atom. The number of ether oxygens (including phenoxy) is 3. The molecule has 7 heteroatoms. The molecule has 0 N–H and O–H groups in total. The molecule has 2 fully saturated rings. The molecule has 2 saturated heterocycles. The van der Waals surface area contributed by atoms with Crippen LogP contribution in [0, 0.1) is 0 Å². The molecular weight excluding hydrogens is 288 g/mol. The third-order valence-electron chi connectivity index (χ3n) is 2.84. The number of rotatable bonds is 3. The van der Waals surface area contributed by atoms with E-state index in [0.29, 0.717) is 5.75 Å². The Bertz CT molecular complexity index is 384. The van der Waals surface area contributed by atoms with Gasteiger partial charge in [0.25, 0.3) is 0 Å². The van der Waals surface area contributed by atoms with Gasteiger partial charge in [0.2, 0.25) is 0 Å². The first-order valence-electron chi connectivity index (χ1n) is 6.10. The number of thioether (sulfide) groups is 2. The molecule has 2 rings (SSSR count). The highest BCUT2D eigenvalue weighted by Gasteiger charge is 2.55. The molecule has 0 saturated carbocycles. The largest absolute Gasteiger partial charge is 0.344 e. The summed E-state index contributed by atoms with van der Waals surface area (Å²) >= 11 is 2.40. The van der Waals surface area contributed by atoms with Crippen molar-refractivity contribution in [2.45, 2.75) is 57.2 Å². The van der Waals surface area contributed by atoms with E-state index < -0.39 is 12.1 Å². The molecule has 19 heavy (non-hydrogen) atoms. The zero-order chi connectivity index (χ0) is 14.2. The molecule has 108 valence electrons. The van der Waals surface area contributed by atoms with Crippen molar-refractivity contribution in [3.05, 3.63) is 0 Å². The Balaban J connectivity index is 2.05. The van der Waals surface area contributed by atoms with E-state index in [1.54, 1.807) is 0 Å². The normalized spacial score (nSPS) is 36.2. The summed E-state index contributed by atoms with van der Waals surface area (Å²) in [6.45, 7) is 6.69. The predicted molar refractivity (Wildman–Crippen MR) is 73.9 cm³/mol. The Kier molecular flexibility index (Phi) is 4.62. The fraction of sp³-hybridized carbons (Fsp3) is 0.833. The molecule has 0 spiro atoms. The number of fused-ring (bicyclic) bond motifs is 1. The average molecular weight is 306 g/mol. The van der Waals surface area contributed by atoms with Gasteiger partial charge in [-0.2, -0.15) is 0 Å². The van der Waals surface area contributed by atoms with Gasteiger partial charge in [0, 0.05) is 19.6 Å². The standard InChI is InChI=1S/C12H18O5S2/c1-6(13)18-5-8-10(19-7(2)14)9-11(15-8)17-12(3,4)16-9/h8-11H,5H2,1-4H3/t8-,9-,10+,11-/m1/s1. The fourth-order valence-corrected chi connectivity index (χ4v) is 4.03. The first kappa shape index (κ1) is 15.3. The maximum absolute atomic E-state index is 11.4. The third-order valence-corrected chi connectivity index (χ3v) is 4.92. The summed E-state index contributed by atoms with van der Waals surface area (Å²) in [6, 6.07) is 0. The van der Waals surface area contributed by atoms with Crippen LogP contribution in [-0.2, 0) is 23.8 Å². The van der Waals surface area contributed by atoms with Gasteiger partial charge >= 0.3 is 0 Å². The fourth-order valence-electron chi connectivity index (χ4n) is 2.21. The predicted octanol–water partition coefficient (Wildman–Crippen LogP) is 1.79. The van der Waals surface area contributed by atoms with Crippen LogP contribution in [0.3, 0.4) is 0 Å². The minimum absolute atomic E-state index is 0.0142. The third kappa shape index (κ3) is 3.72. The zero-order valence-corrected chi connectivity index (χ0v) is 13.0. The van der Waals surface area contributed by atoms with Crippen LogP contribution in [0.1, 0.15) is 27.7 Å². The molecule has 2 aliphatic rings. The molecule has 2 aliphatic heterocycles. The topological polar surface area (TPSA) is 61.8 Å². The van der Waals surface area contributed by atoms with Gasteiger partial charge in [-0.1, -0.05) is 23.5 Å². The average Bonchev–Trinajstić information content (AvgIpc) is 2.69. The van der Waals surface area contributed by atoms with Crippen LogP contribution in [0.2, 0.25) is 0 Å². The van der Waals surface area contributed by atoms with Gasteiger partial charge < -0.3 is 14.2 Å². The van der Waals surface area contributed by atoms with Gasteiger partial charge in [-0.05, 0) is 13.8 Å². The highest BCUT2D eigenvalue weighted by Crippen LogP contribution is 2.43. The van der Waals surface area contributed by atoms with E-state index in [-0.39, 0.29) is 27.7 Å². The van der Waals surface area contributed by atoms with E-state index >= 15 is 0 Å². The van der Waals surface area contributed by atoms with Gasteiger partial charge in [-0.25, -0.2) is 0 Å². The molecule has 2 heterocycles. The number of hydrogen-bond donors (Lipinski definition) is 0. The lowest BCUT2D eigenvalue weighted by molar-refractivity contribution is -0.201. The number of carbonyl (C=O) groups is 2. The zero-order valence-electron chi connectivity index (χ0n) is 11.4. The van der Waals surface area contributed by atoms with Crippen LogP contribution in [0.15, 0.2) is 0 Å². The Morgan fingerprint density at radius 1 is 1.16 bits per heavy atom. The SMILES string of the molecule is CC(=O)SC[C@H]1O[C@@H]2OC(C)(C)O[C@@H]2[C@H]1SC(C)=O. The summed E-state index contributed by atoms with van der Waals surface area (Å²) < 4.78 is 17.3. The molecular formula is C12H18O5S2. The summed E-state index contributed by atoms with van der Waals surface area (Å²) in [7, 11) is 0. The van der Waals surface area contributed by atoms with Gasteiger partial charge in [-0.15, -0.1) is 0 Å². The lowest BCUT2D eigenvalue weighted by Crippen LogP contribution is -2.34. The van der Waals surface area contributed by atoms with Crippen LogP contribution >= 0.6 is 23.5 Å². The van der Waals surface area contributed by atoms with Crippen molar-refractivity contribution in [3.8, 4) is 0 Å². The first-order valence-corrected chi connectivity index (χ1v) is 7.97. The quantitative estimate of drug-likeness (QED) is 0.787. The Hall–Kier alpha value is -0.0800. The van der Waals surface area contributed by atoms with E-state index in [4.69, 9.17) is 14.2 Å².